The molecule has 5 rings (SSSR count). The van der Waals surface area contributed by atoms with Crippen LogP contribution in [0.2, 0.25) is 0 Å². The van der Waals surface area contributed by atoms with E-state index in [-0.39, 0.29) is 17.5 Å². The van der Waals surface area contributed by atoms with Gasteiger partial charge in [0.25, 0.3) is 0 Å². The van der Waals surface area contributed by atoms with Gasteiger partial charge in [0.15, 0.2) is 5.65 Å². The molecule has 0 atom stereocenters. The van der Waals surface area contributed by atoms with E-state index in [1.165, 1.54) is 23.9 Å². The fourth-order valence-corrected chi connectivity index (χ4v) is 4.18. The van der Waals surface area contributed by atoms with Gasteiger partial charge in [0.2, 0.25) is 11.1 Å². The number of hydrogen-bond donors (Lipinski definition) is 1. The van der Waals surface area contributed by atoms with Crippen LogP contribution in [0.1, 0.15) is 5.56 Å². The Morgan fingerprint density at radius 2 is 1.53 bits per heavy atom. The van der Waals surface area contributed by atoms with Crippen LogP contribution in [0, 0.1) is 5.82 Å². The summed E-state index contributed by atoms with van der Waals surface area (Å²) in [4.78, 5) is 12.3. The number of rotatable bonds is 7. The smallest absolute Gasteiger partial charge is 0.230 e. The molecule has 2 heterocycles. The fourth-order valence-electron chi connectivity index (χ4n) is 3.46. The van der Waals surface area contributed by atoms with Crippen molar-refractivity contribution >= 4 is 23.3 Å². The number of amides is 1. The number of hydrogen-bond acceptors (Lipinski definition) is 5. The minimum atomic E-state index is -0.302. The third-order valence-electron chi connectivity index (χ3n) is 5.26. The van der Waals surface area contributed by atoms with Gasteiger partial charge in [-0.05, 0) is 41.0 Å². The summed E-state index contributed by atoms with van der Waals surface area (Å²) in [7, 11) is 0. The normalized spacial score (nSPS) is 11.0. The van der Waals surface area contributed by atoms with E-state index >= 15 is 0 Å². The summed E-state index contributed by atoms with van der Waals surface area (Å²) in [6, 6.07) is 28.2. The van der Waals surface area contributed by atoms with Crippen molar-refractivity contribution in [2.24, 2.45) is 0 Å². The molecule has 0 spiro atoms. The Balaban J connectivity index is 1.26. The van der Waals surface area contributed by atoms with Crippen molar-refractivity contribution in [1.82, 2.24) is 25.1 Å². The predicted octanol–water partition coefficient (Wildman–Crippen LogP) is 5.01. The quantitative estimate of drug-likeness (QED) is 0.340. The molecular weight excluding hydrogens is 449 g/mol. The molecule has 0 aliphatic heterocycles. The standard InChI is InChI=1S/C26H20FN5OS/c27-22-12-6-18(7-13-22)16-28-25(33)17-34-26-30-29-24-15-14-23(31-32(24)26)21-10-8-20(9-11-21)19-4-2-1-3-5-19/h1-15H,16-17H2,(H,28,33). The minimum Gasteiger partial charge on any atom is -0.351 e. The zero-order valence-corrected chi connectivity index (χ0v) is 18.9. The monoisotopic (exact) mass is 469 g/mol. The number of aromatic nitrogens is 4. The minimum absolute atomic E-state index is 0.154. The van der Waals surface area contributed by atoms with Crippen LogP contribution < -0.4 is 5.32 Å². The Kier molecular flexibility index (Phi) is 6.31. The lowest BCUT2D eigenvalue weighted by atomic mass is 10.0. The summed E-state index contributed by atoms with van der Waals surface area (Å²) < 4.78 is 14.7. The molecule has 0 bridgehead atoms. The van der Waals surface area contributed by atoms with Gasteiger partial charge in [0.05, 0.1) is 11.4 Å². The van der Waals surface area contributed by atoms with Crippen molar-refractivity contribution in [3.05, 3.63) is 102 Å². The zero-order valence-electron chi connectivity index (χ0n) is 18.1. The maximum atomic E-state index is 13.0. The van der Waals surface area contributed by atoms with Gasteiger partial charge in [-0.3, -0.25) is 4.79 Å². The summed E-state index contributed by atoms with van der Waals surface area (Å²) in [6.45, 7) is 0.335. The Morgan fingerprint density at radius 1 is 0.824 bits per heavy atom. The van der Waals surface area contributed by atoms with Gasteiger partial charge in [-0.25, -0.2) is 4.39 Å². The molecule has 0 saturated heterocycles. The van der Waals surface area contributed by atoms with Crippen LogP contribution in [0.25, 0.3) is 28.0 Å². The van der Waals surface area contributed by atoms with Gasteiger partial charge in [-0.2, -0.15) is 9.61 Å². The van der Waals surface area contributed by atoms with Crippen LogP contribution in [0.4, 0.5) is 4.39 Å². The first-order valence-corrected chi connectivity index (χ1v) is 11.7. The first-order chi connectivity index (χ1) is 16.7. The van der Waals surface area contributed by atoms with Gasteiger partial charge < -0.3 is 5.32 Å². The lowest BCUT2D eigenvalue weighted by Gasteiger charge is -2.06. The number of halogens is 1. The summed E-state index contributed by atoms with van der Waals surface area (Å²) in [6.07, 6.45) is 0. The van der Waals surface area contributed by atoms with Gasteiger partial charge in [0, 0.05) is 12.1 Å². The summed E-state index contributed by atoms with van der Waals surface area (Å²) >= 11 is 1.26. The molecular formula is C26H20FN5OS. The highest BCUT2D eigenvalue weighted by atomic mass is 32.2. The number of thioether (sulfide) groups is 1. The van der Waals surface area contributed by atoms with Crippen LogP contribution in [0.15, 0.2) is 96.2 Å². The van der Waals surface area contributed by atoms with Gasteiger partial charge in [-0.1, -0.05) is 78.5 Å². The first kappa shape index (κ1) is 21.8. The van der Waals surface area contributed by atoms with E-state index < -0.39 is 0 Å². The molecule has 0 unspecified atom stereocenters. The molecule has 0 saturated carbocycles. The zero-order chi connectivity index (χ0) is 23.3. The third-order valence-corrected chi connectivity index (χ3v) is 6.18. The second kappa shape index (κ2) is 9.84. The molecule has 0 radical (unpaired) electrons. The van der Waals surface area contributed by atoms with Crippen molar-refractivity contribution in [3.8, 4) is 22.4 Å². The lowest BCUT2D eigenvalue weighted by molar-refractivity contribution is -0.118. The van der Waals surface area contributed by atoms with Crippen LogP contribution in [0.5, 0.6) is 0 Å². The van der Waals surface area contributed by atoms with Crippen molar-refractivity contribution < 1.29 is 9.18 Å². The van der Waals surface area contributed by atoms with Crippen LogP contribution >= 0.6 is 11.8 Å². The molecule has 2 aromatic heterocycles. The van der Waals surface area contributed by atoms with Crippen molar-refractivity contribution in [2.75, 3.05) is 5.75 Å². The van der Waals surface area contributed by atoms with E-state index in [0.29, 0.717) is 17.3 Å². The Hall–Kier alpha value is -4.04. The molecule has 0 aliphatic carbocycles. The average molecular weight is 470 g/mol. The topological polar surface area (TPSA) is 72.2 Å². The maximum Gasteiger partial charge on any atom is 0.230 e. The molecule has 3 aromatic carbocycles. The average Bonchev–Trinajstić information content (AvgIpc) is 3.30. The lowest BCUT2D eigenvalue weighted by Crippen LogP contribution is -2.24. The molecule has 5 aromatic rings. The van der Waals surface area contributed by atoms with Crippen molar-refractivity contribution in [2.45, 2.75) is 11.7 Å². The third kappa shape index (κ3) is 4.97. The molecule has 168 valence electrons. The number of fused-ring (bicyclic) bond motifs is 1. The Morgan fingerprint density at radius 3 is 2.29 bits per heavy atom. The van der Waals surface area contributed by atoms with Gasteiger partial charge >= 0.3 is 0 Å². The second-order valence-corrected chi connectivity index (χ2v) is 8.55. The Bertz CT molecular complexity index is 1420. The fraction of sp³-hybridized carbons (Fsp3) is 0.0769. The number of benzene rings is 3. The van der Waals surface area contributed by atoms with E-state index in [0.717, 1.165) is 27.9 Å². The molecule has 6 nitrogen and oxygen atoms in total. The number of nitrogens with one attached hydrogen (secondary N) is 1. The second-order valence-electron chi connectivity index (χ2n) is 7.61. The number of carbonyl (C=O) groups is 1. The molecule has 8 heteroatoms. The highest BCUT2D eigenvalue weighted by molar-refractivity contribution is 7.99. The molecule has 1 amide bonds. The van der Waals surface area contributed by atoms with E-state index in [9.17, 15) is 9.18 Å². The molecule has 1 N–H and O–H groups in total. The highest BCUT2D eigenvalue weighted by Gasteiger charge is 2.12. The molecule has 34 heavy (non-hydrogen) atoms. The van der Waals surface area contributed by atoms with E-state index in [1.807, 2.05) is 42.5 Å². The highest BCUT2D eigenvalue weighted by Crippen LogP contribution is 2.25. The van der Waals surface area contributed by atoms with E-state index in [2.05, 4.69) is 39.8 Å². The summed E-state index contributed by atoms with van der Waals surface area (Å²) in [5.41, 5.74) is 5.50. The van der Waals surface area contributed by atoms with E-state index in [1.54, 1.807) is 16.6 Å². The largest absolute Gasteiger partial charge is 0.351 e. The van der Waals surface area contributed by atoms with Crippen molar-refractivity contribution in [3.63, 3.8) is 0 Å². The summed E-state index contributed by atoms with van der Waals surface area (Å²) in [5.74, 6) is -0.290. The van der Waals surface area contributed by atoms with Crippen LogP contribution in [-0.2, 0) is 11.3 Å². The van der Waals surface area contributed by atoms with Crippen molar-refractivity contribution in [1.29, 1.82) is 0 Å². The van der Waals surface area contributed by atoms with Gasteiger partial charge in [-0.15, -0.1) is 10.2 Å². The number of nitrogens with zero attached hydrogens (tertiary/aromatic N) is 4. The Labute approximate surface area is 199 Å². The maximum absolute atomic E-state index is 13.0. The van der Waals surface area contributed by atoms with E-state index in [4.69, 9.17) is 5.10 Å². The first-order valence-electron chi connectivity index (χ1n) is 10.7. The predicted molar refractivity (Wildman–Crippen MR) is 131 cm³/mol. The SMILES string of the molecule is O=C(CSc1nnc2ccc(-c3ccc(-c4ccccc4)cc3)nn12)NCc1ccc(F)cc1. The van der Waals surface area contributed by atoms with Crippen LogP contribution in [-0.4, -0.2) is 31.5 Å². The molecule has 0 fully saturated rings. The number of carbonyl (C=O) groups excluding carboxylic acids is 1. The van der Waals surface area contributed by atoms with Crippen LogP contribution in [0.3, 0.4) is 0 Å². The summed E-state index contributed by atoms with van der Waals surface area (Å²) in [5, 5.41) is 16.4. The molecule has 0 aliphatic rings. The van der Waals surface area contributed by atoms with Gasteiger partial charge in [0.1, 0.15) is 5.82 Å².